The van der Waals surface area contributed by atoms with Gasteiger partial charge in [0.2, 0.25) is 0 Å². The fourth-order valence-corrected chi connectivity index (χ4v) is 3.68. The van der Waals surface area contributed by atoms with E-state index in [0.717, 1.165) is 17.2 Å². The van der Waals surface area contributed by atoms with E-state index < -0.39 is 14.9 Å². The summed E-state index contributed by atoms with van der Waals surface area (Å²) >= 11 is 0. The Balaban J connectivity index is 1.87. The summed E-state index contributed by atoms with van der Waals surface area (Å²) in [5.41, 5.74) is 2.02. The zero-order chi connectivity index (χ0) is 20.9. The molecule has 7 nitrogen and oxygen atoms in total. The van der Waals surface area contributed by atoms with Crippen LogP contribution in [0.4, 0.5) is 5.69 Å². The van der Waals surface area contributed by atoms with Gasteiger partial charge in [0, 0.05) is 23.8 Å². The first-order chi connectivity index (χ1) is 13.9. The summed E-state index contributed by atoms with van der Waals surface area (Å²) < 4.78 is 25.1. The van der Waals surface area contributed by atoms with Crippen LogP contribution in [0, 0.1) is 17.0 Å². The highest BCUT2D eigenvalue weighted by Gasteiger charge is 2.19. The van der Waals surface area contributed by atoms with Crippen molar-refractivity contribution in [3.63, 3.8) is 0 Å². The molecule has 0 aliphatic carbocycles. The summed E-state index contributed by atoms with van der Waals surface area (Å²) in [4.78, 5) is 12.4. The van der Waals surface area contributed by atoms with Gasteiger partial charge in [-0.05, 0) is 24.1 Å². The molecule has 0 radical (unpaired) electrons. The maximum absolute atomic E-state index is 12.5. The van der Waals surface area contributed by atoms with Gasteiger partial charge in [-0.2, -0.15) is 13.5 Å². The molecule has 0 aliphatic rings. The van der Waals surface area contributed by atoms with Gasteiger partial charge in [0.05, 0.1) is 9.82 Å². The largest absolute Gasteiger partial charge is 0.276 e. The molecule has 3 aromatic rings. The van der Waals surface area contributed by atoms with Crippen molar-refractivity contribution in [3.8, 4) is 0 Å². The van der Waals surface area contributed by atoms with E-state index in [4.69, 9.17) is 0 Å². The SMILES string of the molecule is Cc1ccc(S(=O)(=O)N/N=C\C(c2ccccc2)c2ccccc2)cc1[N+](=O)[O-]. The second-order valence-corrected chi connectivity index (χ2v) is 8.04. The Labute approximate surface area is 168 Å². The third-order valence-electron chi connectivity index (χ3n) is 4.40. The molecule has 29 heavy (non-hydrogen) atoms. The van der Waals surface area contributed by atoms with Crippen LogP contribution in [0.15, 0.2) is 88.9 Å². The van der Waals surface area contributed by atoms with Crippen LogP contribution in [0.3, 0.4) is 0 Å². The molecule has 1 N–H and O–H groups in total. The highest BCUT2D eigenvalue weighted by Crippen LogP contribution is 2.24. The zero-order valence-corrected chi connectivity index (χ0v) is 16.4. The van der Waals surface area contributed by atoms with Crippen LogP contribution in [0.2, 0.25) is 0 Å². The van der Waals surface area contributed by atoms with E-state index in [2.05, 4.69) is 9.93 Å². The topological polar surface area (TPSA) is 102 Å². The number of nitro benzene ring substituents is 1. The van der Waals surface area contributed by atoms with E-state index in [1.807, 2.05) is 60.7 Å². The number of nitrogens with one attached hydrogen (secondary N) is 1. The van der Waals surface area contributed by atoms with Crippen molar-refractivity contribution >= 4 is 21.9 Å². The molecule has 0 spiro atoms. The Morgan fingerprint density at radius 2 is 1.52 bits per heavy atom. The molecule has 0 fully saturated rings. The minimum atomic E-state index is -4.05. The van der Waals surface area contributed by atoms with Crippen molar-refractivity contribution in [2.45, 2.75) is 17.7 Å². The van der Waals surface area contributed by atoms with E-state index in [0.29, 0.717) is 5.56 Å². The molecule has 3 rings (SSSR count). The summed E-state index contributed by atoms with van der Waals surface area (Å²) in [6.45, 7) is 1.55. The van der Waals surface area contributed by atoms with Crippen LogP contribution in [0.5, 0.6) is 0 Å². The molecule has 0 bridgehead atoms. The quantitative estimate of drug-likeness (QED) is 0.362. The van der Waals surface area contributed by atoms with E-state index in [-0.39, 0.29) is 16.5 Å². The van der Waals surface area contributed by atoms with Crippen molar-refractivity contribution in [3.05, 3.63) is 106 Å². The molecule has 8 heteroatoms. The van der Waals surface area contributed by atoms with Gasteiger partial charge in [0.1, 0.15) is 0 Å². The fourth-order valence-electron chi connectivity index (χ4n) is 2.87. The molecule has 0 heterocycles. The molecule has 0 unspecified atom stereocenters. The number of rotatable bonds is 7. The van der Waals surface area contributed by atoms with E-state index in [9.17, 15) is 18.5 Å². The van der Waals surface area contributed by atoms with E-state index in [1.165, 1.54) is 18.3 Å². The predicted molar refractivity (Wildman–Crippen MR) is 111 cm³/mol. The molecule has 148 valence electrons. The van der Waals surface area contributed by atoms with E-state index in [1.54, 1.807) is 6.92 Å². The van der Waals surface area contributed by atoms with Crippen LogP contribution >= 0.6 is 0 Å². The molecule has 0 aliphatic heterocycles. The van der Waals surface area contributed by atoms with Gasteiger partial charge < -0.3 is 0 Å². The van der Waals surface area contributed by atoms with Crippen molar-refractivity contribution in [2.24, 2.45) is 5.10 Å². The van der Waals surface area contributed by atoms with Crippen LogP contribution in [0.1, 0.15) is 22.6 Å². The average Bonchev–Trinajstić information content (AvgIpc) is 2.72. The molecule has 0 atom stereocenters. The van der Waals surface area contributed by atoms with Crippen LogP contribution in [-0.2, 0) is 10.0 Å². The van der Waals surface area contributed by atoms with Crippen LogP contribution in [0.25, 0.3) is 0 Å². The second-order valence-electron chi connectivity index (χ2n) is 6.38. The molecule has 3 aromatic carbocycles. The summed E-state index contributed by atoms with van der Waals surface area (Å²) in [5.74, 6) is -0.257. The maximum atomic E-state index is 12.5. The van der Waals surface area contributed by atoms with Crippen LogP contribution in [-0.4, -0.2) is 19.6 Å². The first-order valence-electron chi connectivity index (χ1n) is 8.78. The Morgan fingerprint density at radius 1 is 0.966 bits per heavy atom. The third-order valence-corrected chi connectivity index (χ3v) is 5.62. The van der Waals surface area contributed by atoms with Crippen molar-refractivity contribution in [1.29, 1.82) is 0 Å². The van der Waals surface area contributed by atoms with Gasteiger partial charge in [0.25, 0.3) is 15.7 Å². The predicted octanol–water partition coefficient (Wildman–Crippen LogP) is 4.00. The number of hydrogen-bond acceptors (Lipinski definition) is 5. The molecule has 0 saturated carbocycles. The van der Waals surface area contributed by atoms with Crippen molar-refractivity contribution < 1.29 is 13.3 Å². The summed E-state index contributed by atoms with van der Waals surface area (Å²) in [7, 11) is -4.05. The lowest BCUT2D eigenvalue weighted by Crippen LogP contribution is -2.19. The Kier molecular flexibility index (Phi) is 6.04. The molecular formula is C21H19N3O4S. The van der Waals surface area contributed by atoms with Gasteiger partial charge in [-0.25, -0.2) is 4.83 Å². The van der Waals surface area contributed by atoms with Gasteiger partial charge in [0.15, 0.2) is 0 Å². The van der Waals surface area contributed by atoms with Crippen LogP contribution < -0.4 is 4.83 Å². The van der Waals surface area contributed by atoms with Crippen molar-refractivity contribution in [2.75, 3.05) is 0 Å². The number of hydrogen-bond donors (Lipinski definition) is 1. The van der Waals surface area contributed by atoms with E-state index >= 15 is 0 Å². The van der Waals surface area contributed by atoms with Gasteiger partial charge >= 0.3 is 0 Å². The number of aryl methyl sites for hydroxylation is 1. The lowest BCUT2D eigenvalue weighted by Gasteiger charge is -2.13. The molecular weight excluding hydrogens is 390 g/mol. The maximum Gasteiger partial charge on any atom is 0.276 e. The first kappa shape index (κ1) is 20.2. The standard InChI is InChI=1S/C21H19N3O4S/c1-16-12-13-19(14-21(16)24(25)26)29(27,28)23-22-15-20(17-8-4-2-5-9-17)18-10-6-3-7-11-18/h2-15,20,23H,1H3/b22-15-. The van der Waals surface area contributed by atoms with Gasteiger partial charge in [-0.15, -0.1) is 0 Å². The normalized spacial score (nSPS) is 11.7. The fraction of sp³-hybridized carbons (Fsp3) is 0.0952. The average molecular weight is 409 g/mol. The summed E-state index contributed by atoms with van der Waals surface area (Å²) in [6, 6.07) is 22.8. The monoisotopic (exact) mass is 409 g/mol. The number of hydrazone groups is 1. The van der Waals surface area contributed by atoms with Gasteiger partial charge in [-0.1, -0.05) is 66.7 Å². The minimum absolute atomic E-state index is 0.220. The smallest absolute Gasteiger partial charge is 0.258 e. The first-order valence-corrected chi connectivity index (χ1v) is 10.3. The molecule has 0 amide bonds. The van der Waals surface area contributed by atoms with Gasteiger partial charge in [-0.3, -0.25) is 10.1 Å². The Bertz CT molecular complexity index is 1090. The highest BCUT2D eigenvalue weighted by molar-refractivity contribution is 7.89. The molecule has 0 saturated heterocycles. The highest BCUT2D eigenvalue weighted by atomic mass is 32.2. The summed E-state index contributed by atoms with van der Waals surface area (Å²) in [5, 5.41) is 15.0. The summed E-state index contributed by atoms with van der Waals surface area (Å²) in [6.07, 6.45) is 1.50. The molecule has 0 aromatic heterocycles. The zero-order valence-electron chi connectivity index (χ0n) is 15.6. The number of benzene rings is 3. The van der Waals surface area contributed by atoms with Crippen molar-refractivity contribution in [1.82, 2.24) is 4.83 Å². The lowest BCUT2D eigenvalue weighted by molar-refractivity contribution is -0.385. The second kappa shape index (κ2) is 8.66. The number of sulfonamides is 1. The minimum Gasteiger partial charge on any atom is -0.258 e. The Morgan fingerprint density at radius 3 is 2.03 bits per heavy atom. The lowest BCUT2D eigenvalue weighted by atomic mass is 9.92. The number of nitro groups is 1. The third kappa shape index (κ3) is 4.85. The Hall–Kier alpha value is -3.52. The number of nitrogens with zero attached hydrogens (tertiary/aromatic N) is 2.